The summed E-state index contributed by atoms with van der Waals surface area (Å²) in [6.07, 6.45) is 2.18. The minimum absolute atomic E-state index is 0.147. The maximum Gasteiger partial charge on any atom is 0.323 e. The average Bonchev–Trinajstić information content (AvgIpc) is 2.33. The molecule has 0 radical (unpaired) electrons. The smallest absolute Gasteiger partial charge is 0.323 e. The summed E-state index contributed by atoms with van der Waals surface area (Å²) >= 11 is 1.60. The highest BCUT2D eigenvalue weighted by atomic mass is 32.2. The Bertz CT molecular complexity index is 248. The molecule has 2 N–H and O–H groups in total. The second-order valence-electron chi connectivity index (χ2n) is 3.70. The number of ether oxygens (including phenoxy) is 2. The van der Waals surface area contributed by atoms with Crippen molar-refractivity contribution in [2.24, 2.45) is 5.73 Å². The lowest BCUT2D eigenvalue weighted by Crippen LogP contribution is -2.34. The first-order valence-corrected chi connectivity index (χ1v) is 7.42. The lowest BCUT2D eigenvalue weighted by Gasteiger charge is -2.09. The molecule has 0 aliphatic heterocycles. The third-order valence-corrected chi connectivity index (χ3v) is 3.28. The normalized spacial score (nSPS) is 11.9. The fraction of sp³-hybridized carbons (Fsp3) is 0.833. The van der Waals surface area contributed by atoms with Crippen molar-refractivity contribution >= 4 is 23.7 Å². The highest BCUT2D eigenvalue weighted by Crippen LogP contribution is 2.08. The third-order valence-electron chi connectivity index (χ3n) is 2.11. The van der Waals surface area contributed by atoms with Crippen molar-refractivity contribution < 1.29 is 19.1 Å². The molecular formula is C12H23NO4S. The predicted octanol–water partition coefficient (Wildman–Crippen LogP) is 1.34. The fourth-order valence-corrected chi connectivity index (χ4v) is 2.20. The van der Waals surface area contributed by atoms with E-state index in [0.29, 0.717) is 25.4 Å². The van der Waals surface area contributed by atoms with Crippen LogP contribution in [0.15, 0.2) is 0 Å². The van der Waals surface area contributed by atoms with Gasteiger partial charge in [0.15, 0.2) is 0 Å². The van der Waals surface area contributed by atoms with Crippen LogP contribution in [-0.2, 0) is 19.1 Å². The Labute approximate surface area is 113 Å². The van der Waals surface area contributed by atoms with Gasteiger partial charge in [-0.1, -0.05) is 0 Å². The molecule has 6 heteroatoms. The van der Waals surface area contributed by atoms with Crippen LogP contribution in [0.1, 0.15) is 33.1 Å². The Hall–Kier alpha value is -0.750. The van der Waals surface area contributed by atoms with E-state index in [9.17, 15) is 9.59 Å². The van der Waals surface area contributed by atoms with Crippen molar-refractivity contribution in [3.63, 3.8) is 0 Å². The first-order chi connectivity index (χ1) is 8.61. The summed E-state index contributed by atoms with van der Waals surface area (Å²) in [5.74, 6) is 0.937. The van der Waals surface area contributed by atoms with E-state index in [1.54, 1.807) is 25.6 Å². The molecule has 0 spiro atoms. The molecule has 0 amide bonds. The summed E-state index contributed by atoms with van der Waals surface area (Å²) in [7, 11) is 0. The summed E-state index contributed by atoms with van der Waals surface area (Å²) in [6, 6.07) is -0.556. The van der Waals surface area contributed by atoms with Gasteiger partial charge in [0, 0.05) is 12.2 Å². The monoisotopic (exact) mass is 277 g/mol. The van der Waals surface area contributed by atoms with Crippen LogP contribution in [0.4, 0.5) is 0 Å². The van der Waals surface area contributed by atoms with Gasteiger partial charge in [-0.15, -0.1) is 0 Å². The number of esters is 2. The molecule has 0 heterocycles. The molecule has 0 aromatic heterocycles. The first-order valence-electron chi connectivity index (χ1n) is 6.27. The van der Waals surface area contributed by atoms with Gasteiger partial charge in [-0.05, 0) is 32.4 Å². The minimum atomic E-state index is -0.556. The molecule has 0 rings (SSSR count). The molecule has 0 aromatic rings. The molecule has 0 bridgehead atoms. The molecular weight excluding hydrogens is 254 g/mol. The predicted molar refractivity (Wildman–Crippen MR) is 72.4 cm³/mol. The standard InChI is InChI=1S/C12H23NO4S/c1-3-16-11(14)7-5-6-8-18-9-10(13)12(15)17-4-2/h10H,3-9,13H2,1-2H3. The van der Waals surface area contributed by atoms with E-state index in [1.165, 1.54) is 0 Å². The summed E-state index contributed by atoms with van der Waals surface area (Å²) < 4.78 is 9.62. The Morgan fingerprint density at radius 3 is 2.44 bits per heavy atom. The molecule has 0 saturated heterocycles. The van der Waals surface area contributed by atoms with Crippen LogP contribution in [0.5, 0.6) is 0 Å². The van der Waals surface area contributed by atoms with Gasteiger partial charge in [0.1, 0.15) is 6.04 Å². The summed E-state index contributed by atoms with van der Waals surface area (Å²) in [6.45, 7) is 4.34. The van der Waals surface area contributed by atoms with E-state index in [4.69, 9.17) is 15.2 Å². The first kappa shape index (κ1) is 17.2. The van der Waals surface area contributed by atoms with Gasteiger partial charge in [-0.2, -0.15) is 11.8 Å². The van der Waals surface area contributed by atoms with Crippen LogP contribution < -0.4 is 5.73 Å². The van der Waals surface area contributed by atoms with Gasteiger partial charge < -0.3 is 15.2 Å². The Morgan fingerprint density at radius 2 is 1.83 bits per heavy atom. The molecule has 1 atom stereocenters. The maximum atomic E-state index is 11.2. The largest absolute Gasteiger partial charge is 0.466 e. The lowest BCUT2D eigenvalue weighted by molar-refractivity contribution is -0.144. The number of hydrogen-bond donors (Lipinski definition) is 1. The van der Waals surface area contributed by atoms with E-state index in [1.807, 2.05) is 0 Å². The summed E-state index contributed by atoms with van der Waals surface area (Å²) in [4.78, 5) is 22.2. The summed E-state index contributed by atoms with van der Waals surface area (Å²) in [5, 5.41) is 0. The molecule has 5 nitrogen and oxygen atoms in total. The van der Waals surface area contributed by atoms with E-state index >= 15 is 0 Å². The Morgan fingerprint density at radius 1 is 1.17 bits per heavy atom. The van der Waals surface area contributed by atoms with Crippen LogP contribution in [-0.4, -0.2) is 42.7 Å². The second kappa shape index (κ2) is 11.3. The maximum absolute atomic E-state index is 11.2. The van der Waals surface area contributed by atoms with Crippen molar-refractivity contribution in [3.8, 4) is 0 Å². The number of carbonyl (C=O) groups is 2. The number of nitrogens with two attached hydrogens (primary N) is 1. The number of thioether (sulfide) groups is 1. The van der Waals surface area contributed by atoms with Crippen molar-refractivity contribution in [3.05, 3.63) is 0 Å². The van der Waals surface area contributed by atoms with Crippen LogP contribution in [0, 0.1) is 0 Å². The van der Waals surface area contributed by atoms with E-state index in [0.717, 1.165) is 18.6 Å². The Balaban J connectivity index is 3.40. The number of hydrogen-bond acceptors (Lipinski definition) is 6. The summed E-state index contributed by atoms with van der Waals surface area (Å²) in [5.41, 5.74) is 5.64. The van der Waals surface area contributed by atoms with Crippen LogP contribution >= 0.6 is 11.8 Å². The molecule has 0 aliphatic carbocycles. The van der Waals surface area contributed by atoms with Crippen molar-refractivity contribution in [2.75, 3.05) is 24.7 Å². The van der Waals surface area contributed by atoms with Gasteiger partial charge in [0.25, 0.3) is 0 Å². The van der Waals surface area contributed by atoms with Crippen LogP contribution in [0.25, 0.3) is 0 Å². The van der Waals surface area contributed by atoms with Gasteiger partial charge in [0.05, 0.1) is 13.2 Å². The van der Waals surface area contributed by atoms with E-state index in [-0.39, 0.29) is 11.9 Å². The zero-order valence-electron chi connectivity index (χ0n) is 11.1. The topological polar surface area (TPSA) is 78.6 Å². The molecule has 0 fully saturated rings. The number of carbonyl (C=O) groups excluding carboxylic acids is 2. The van der Waals surface area contributed by atoms with Gasteiger partial charge >= 0.3 is 11.9 Å². The SMILES string of the molecule is CCOC(=O)CCCCSCC(N)C(=O)OCC. The number of unbranched alkanes of at least 4 members (excludes halogenated alkanes) is 1. The van der Waals surface area contributed by atoms with Crippen molar-refractivity contribution in [1.82, 2.24) is 0 Å². The Kier molecular flexibility index (Phi) is 10.9. The molecule has 0 saturated carbocycles. The quantitative estimate of drug-likeness (QED) is 0.479. The van der Waals surface area contributed by atoms with Gasteiger partial charge in [-0.25, -0.2) is 0 Å². The zero-order valence-corrected chi connectivity index (χ0v) is 12.0. The van der Waals surface area contributed by atoms with E-state index in [2.05, 4.69) is 0 Å². The highest BCUT2D eigenvalue weighted by molar-refractivity contribution is 7.99. The molecule has 106 valence electrons. The van der Waals surface area contributed by atoms with Crippen molar-refractivity contribution in [1.29, 1.82) is 0 Å². The second-order valence-corrected chi connectivity index (χ2v) is 4.85. The highest BCUT2D eigenvalue weighted by Gasteiger charge is 2.13. The molecule has 0 aliphatic rings. The van der Waals surface area contributed by atoms with Gasteiger partial charge in [-0.3, -0.25) is 9.59 Å². The zero-order chi connectivity index (χ0) is 13.8. The molecule has 18 heavy (non-hydrogen) atoms. The fourth-order valence-electron chi connectivity index (χ4n) is 1.23. The third kappa shape index (κ3) is 9.30. The van der Waals surface area contributed by atoms with Crippen molar-refractivity contribution in [2.45, 2.75) is 39.2 Å². The lowest BCUT2D eigenvalue weighted by atomic mass is 10.2. The molecule has 1 unspecified atom stereocenters. The number of rotatable bonds is 10. The average molecular weight is 277 g/mol. The van der Waals surface area contributed by atoms with E-state index < -0.39 is 6.04 Å². The minimum Gasteiger partial charge on any atom is -0.466 e. The molecule has 0 aromatic carbocycles. The van der Waals surface area contributed by atoms with Crippen LogP contribution in [0.3, 0.4) is 0 Å². The van der Waals surface area contributed by atoms with Gasteiger partial charge in [0.2, 0.25) is 0 Å². The van der Waals surface area contributed by atoms with Crippen LogP contribution in [0.2, 0.25) is 0 Å².